The Hall–Kier alpha value is -2.22. The van der Waals surface area contributed by atoms with E-state index in [2.05, 4.69) is 52.8 Å². The Bertz CT molecular complexity index is 612. The molecule has 2 N–H and O–H groups in total. The molecule has 2 nitrogen and oxygen atoms in total. The molecule has 0 spiro atoms. The largest absolute Gasteiger partial charge is 0.380 e. The Balaban J connectivity index is 1.81. The Morgan fingerprint density at radius 1 is 0.941 bits per heavy atom. The summed E-state index contributed by atoms with van der Waals surface area (Å²) in [5.74, 6) is 0. The number of hydrogen-bond acceptors (Lipinski definition) is 1. The Morgan fingerprint density at radius 2 is 1.82 bits per heavy atom. The van der Waals surface area contributed by atoms with Crippen molar-refractivity contribution in [3.8, 4) is 0 Å². The van der Waals surface area contributed by atoms with Crippen molar-refractivity contribution in [1.82, 2.24) is 4.98 Å². The third kappa shape index (κ3) is 2.16. The first-order valence-electron chi connectivity index (χ1n) is 5.76. The number of fused-ring (bicyclic) bond motifs is 1. The summed E-state index contributed by atoms with van der Waals surface area (Å²) in [6, 6.07) is 17.0. The molecule has 0 aliphatic rings. The number of aromatic amines is 1. The molecule has 84 valence electrons. The van der Waals surface area contributed by atoms with Crippen LogP contribution in [0.1, 0.15) is 5.56 Å². The van der Waals surface area contributed by atoms with E-state index in [0.717, 1.165) is 12.2 Å². The third-order valence-electron chi connectivity index (χ3n) is 2.91. The quantitative estimate of drug-likeness (QED) is 0.693. The van der Waals surface area contributed by atoms with Crippen LogP contribution >= 0.6 is 0 Å². The molecule has 0 aliphatic heterocycles. The fraction of sp³-hybridized carbons (Fsp3) is 0.0667. The van der Waals surface area contributed by atoms with Crippen molar-refractivity contribution in [2.75, 3.05) is 5.32 Å². The second-order valence-electron chi connectivity index (χ2n) is 4.13. The summed E-state index contributed by atoms with van der Waals surface area (Å²) < 4.78 is 0. The highest BCUT2D eigenvalue weighted by Crippen LogP contribution is 2.16. The molecular formula is C15H14N2. The standard InChI is InChI=1S/C15H14N2/c1-2-4-14-9-12(5-6-13(14)3-1)10-17-15-7-8-16-11-15/h1-9,11,16-17H,10H2. The van der Waals surface area contributed by atoms with Gasteiger partial charge in [0.1, 0.15) is 0 Å². The minimum Gasteiger partial charge on any atom is -0.380 e. The lowest BCUT2D eigenvalue weighted by molar-refractivity contribution is 1.16. The zero-order valence-electron chi connectivity index (χ0n) is 9.48. The minimum atomic E-state index is 0.850. The van der Waals surface area contributed by atoms with Crippen LogP contribution in [-0.2, 0) is 6.54 Å². The zero-order valence-corrected chi connectivity index (χ0v) is 9.48. The van der Waals surface area contributed by atoms with Crippen LogP contribution in [-0.4, -0.2) is 4.98 Å². The number of aromatic nitrogens is 1. The topological polar surface area (TPSA) is 27.8 Å². The molecule has 0 amide bonds. The first kappa shape index (κ1) is 9.97. The van der Waals surface area contributed by atoms with E-state index < -0.39 is 0 Å². The van der Waals surface area contributed by atoms with Crippen LogP contribution in [0.5, 0.6) is 0 Å². The first-order valence-corrected chi connectivity index (χ1v) is 5.76. The molecule has 3 aromatic rings. The highest BCUT2D eigenvalue weighted by molar-refractivity contribution is 5.83. The van der Waals surface area contributed by atoms with Crippen LogP contribution in [0.25, 0.3) is 10.8 Å². The van der Waals surface area contributed by atoms with Crippen LogP contribution in [0.2, 0.25) is 0 Å². The lowest BCUT2D eigenvalue weighted by atomic mass is 10.1. The zero-order chi connectivity index (χ0) is 11.5. The SMILES string of the molecule is c1ccc2cc(CNc3cc[nH]c3)ccc2c1. The normalized spacial score (nSPS) is 10.6. The molecule has 2 heteroatoms. The van der Waals surface area contributed by atoms with Crippen molar-refractivity contribution >= 4 is 16.5 Å². The van der Waals surface area contributed by atoms with Gasteiger partial charge in [0.2, 0.25) is 0 Å². The van der Waals surface area contributed by atoms with Gasteiger partial charge in [-0.15, -0.1) is 0 Å². The van der Waals surface area contributed by atoms with Gasteiger partial charge in [-0.25, -0.2) is 0 Å². The van der Waals surface area contributed by atoms with E-state index in [9.17, 15) is 0 Å². The predicted molar refractivity (Wildman–Crippen MR) is 72.1 cm³/mol. The highest BCUT2D eigenvalue weighted by Gasteiger charge is 1.96. The number of H-pyrrole nitrogens is 1. The number of anilines is 1. The second kappa shape index (κ2) is 4.34. The monoisotopic (exact) mass is 222 g/mol. The van der Waals surface area contributed by atoms with Gasteiger partial charge in [-0.2, -0.15) is 0 Å². The van der Waals surface area contributed by atoms with Gasteiger partial charge >= 0.3 is 0 Å². The van der Waals surface area contributed by atoms with E-state index in [1.54, 1.807) is 0 Å². The summed E-state index contributed by atoms with van der Waals surface area (Å²) in [5.41, 5.74) is 2.42. The molecule has 1 heterocycles. The first-order chi connectivity index (χ1) is 8.42. The van der Waals surface area contributed by atoms with Crippen molar-refractivity contribution in [2.45, 2.75) is 6.54 Å². The van der Waals surface area contributed by atoms with E-state index >= 15 is 0 Å². The molecule has 1 aromatic heterocycles. The highest BCUT2D eigenvalue weighted by atomic mass is 14.9. The summed E-state index contributed by atoms with van der Waals surface area (Å²) in [6.45, 7) is 0.850. The van der Waals surface area contributed by atoms with Crippen LogP contribution in [0.3, 0.4) is 0 Å². The van der Waals surface area contributed by atoms with Gasteiger partial charge in [-0.1, -0.05) is 36.4 Å². The average molecular weight is 222 g/mol. The van der Waals surface area contributed by atoms with Crippen molar-refractivity contribution in [2.24, 2.45) is 0 Å². The fourth-order valence-corrected chi connectivity index (χ4v) is 1.99. The molecule has 0 saturated heterocycles. The summed E-state index contributed by atoms with van der Waals surface area (Å²) in [6.07, 6.45) is 3.88. The van der Waals surface area contributed by atoms with Gasteiger partial charge in [-0.3, -0.25) is 0 Å². The summed E-state index contributed by atoms with van der Waals surface area (Å²) in [7, 11) is 0. The molecule has 2 aromatic carbocycles. The lowest BCUT2D eigenvalue weighted by Crippen LogP contribution is -1.97. The average Bonchev–Trinajstić information content (AvgIpc) is 2.89. The van der Waals surface area contributed by atoms with Crippen molar-refractivity contribution in [3.05, 3.63) is 66.5 Å². The number of hydrogen-bond donors (Lipinski definition) is 2. The van der Waals surface area contributed by atoms with Gasteiger partial charge in [0.25, 0.3) is 0 Å². The Morgan fingerprint density at radius 3 is 2.65 bits per heavy atom. The van der Waals surface area contributed by atoms with Gasteiger partial charge in [0, 0.05) is 18.9 Å². The Labute approximate surface area is 100 Å². The maximum Gasteiger partial charge on any atom is 0.0520 e. The molecule has 0 unspecified atom stereocenters. The molecule has 0 saturated carbocycles. The van der Waals surface area contributed by atoms with Crippen molar-refractivity contribution in [1.29, 1.82) is 0 Å². The smallest absolute Gasteiger partial charge is 0.0520 e. The molecule has 0 atom stereocenters. The van der Waals surface area contributed by atoms with Crippen LogP contribution in [0, 0.1) is 0 Å². The van der Waals surface area contributed by atoms with Gasteiger partial charge < -0.3 is 10.3 Å². The van der Waals surface area contributed by atoms with Gasteiger partial charge in [0.15, 0.2) is 0 Å². The maximum atomic E-state index is 3.37. The van der Waals surface area contributed by atoms with E-state index in [1.165, 1.54) is 16.3 Å². The van der Waals surface area contributed by atoms with E-state index in [4.69, 9.17) is 0 Å². The molecule has 0 radical (unpaired) electrons. The van der Waals surface area contributed by atoms with Gasteiger partial charge in [0.05, 0.1) is 5.69 Å². The predicted octanol–water partition coefficient (Wildman–Crippen LogP) is 3.78. The minimum absolute atomic E-state index is 0.850. The summed E-state index contributed by atoms with van der Waals surface area (Å²) in [4.78, 5) is 3.03. The number of nitrogens with one attached hydrogen (secondary N) is 2. The third-order valence-corrected chi connectivity index (χ3v) is 2.91. The maximum absolute atomic E-state index is 3.37. The van der Waals surface area contributed by atoms with Gasteiger partial charge in [-0.05, 0) is 28.5 Å². The summed E-state index contributed by atoms with van der Waals surface area (Å²) in [5, 5.41) is 5.96. The van der Waals surface area contributed by atoms with Crippen molar-refractivity contribution in [3.63, 3.8) is 0 Å². The number of rotatable bonds is 3. The molecule has 3 rings (SSSR count). The fourth-order valence-electron chi connectivity index (χ4n) is 1.99. The molecule has 0 bridgehead atoms. The van der Waals surface area contributed by atoms with E-state index in [-0.39, 0.29) is 0 Å². The molecule has 0 aliphatic carbocycles. The van der Waals surface area contributed by atoms with E-state index in [1.807, 2.05) is 18.5 Å². The van der Waals surface area contributed by atoms with E-state index in [0.29, 0.717) is 0 Å². The molecule has 0 fully saturated rings. The molecule has 17 heavy (non-hydrogen) atoms. The van der Waals surface area contributed by atoms with Crippen molar-refractivity contribution < 1.29 is 0 Å². The van der Waals surface area contributed by atoms with Crippen LogP contribution < -0.4 is 5.32 Å². The van der Waals surface area contributed by atoms with Crippen LogP contribution in [0.4, 0.5) is 5.69 Å². The van der Waals surface area contributed by atoms with Crippen LogP contribution in [0.15, 0.2) is 60.9 Å². The number of benzene rings is 2. The Kier molecular flexibility index (Phi) is 2.54. The second-order valence-corrected chi connectivity index (χ2v) is 4.13. The molecular weight excluding hydrogens is 208 g/mol. The lowest BCUT2D eigenvalue weighted by Gasteiger charge is -2.05. The summed E-state index contributed by atoms with van der Waals surface area (Å²) >= 11 is 0.